The van der Waals surface area contributed by atoms with Crippen molar-refractivity contribution in [1.29, 1.82) is 0 Å². The van der Waals surface area contributed by atoms with E-state index in [0.717, 1.165) is 17.5 Å². The third-order valence-electron chi connectivity index (χ3n) is 5.84. The van der Waals surface area contributed by atoms with Crippen LogP contribution in [0.15, 0.2) is 73.0 Å². The van der Waals surface area contributed by atoms with Crippen LogP contribution >= 0.6 is 11.3 Å². The Kier molecular flexibility index (Phi) is 6.75. The molecule has 0 aliphatic carbocycles. The Labute approximate surface area is 192 Å². The van der Waals surface area contributed by atoms with Crippen LogP contribution < -0.4 is 5.32 Å². The molecular formula is C25H26N4O2S. The number of carbonyl (C=O) groups is 2. The minimum absolute atomic E-state index is 0.0450. The second-order valence-corrected chi connectivity index (χ2v) is 9.00. The summed E-state index contributed by atoms with van der Waals surface area (Å²) in [6, 6.07) is 12.5. The number of amides is 2. The van der Waals surface area contributed by atoms with Gasteiger partial charge in [-0.2, -0.15) is 0 Å². The van der Waals surface area contributed by atoms with E-state index < -0.39 is 5.41 Å². The third kappa shape index (κ3) is 4.78. The molecule has 0 spiro atoms. The minimum atomic E-state index is -0.705. The molecule has 0 saturated carbocycles. The van der Waals surface area contributed by atoms with Gasteiger partial charge in [0.05, 0.1) is 11.6 Å². The summed E-state index contributed by atoms with van der Waals surface area (Å²) < 4.78 is 0. The molecule has 1 atom stereocenters. The van der Waals surface area contributed by atoms with Crippen LogP contribution in [0.5, 0.6) is 0 Å². The topological polar surface area (TPSA) is 75.2 Å². The summed E-state index contributed by atoms with van der Waals surface area (Å²) in [5.41, 5.74) is 1.84. The number of hydrogen-bond donors (Lipinski definition) is 1. The van der Waals surface area contributed by atoms with Gasteiger partial charge >= 0.3 is 0 Å². The molecule has 7 heteroatoms. The van der Waals surface area contributed by atoms with E-state index in [9.17, 15) is 9.59 Å². The van der Waals surface area contributed by atoms with E-state index in [1.54, 1.807) is 28.5 Å². The number of hydrogen-bond acceptors (Lipinski definition) is 5. The van der Waals surface area contributed by atoms with Crippen molar-refractivity contribution in [2.24, 2.45) is 5.41 Å². The van der Waals surface area contributed by atoms with Gasteiger partial charge in [-0.05, 0) is 41.8 Å². The Morgan fingerprint density at radius 1 is 1.22 bits per heavy atom. The van der Waals surface area contributed by atoms with Crippen molar-refractivity contribution in [2.75, 3.05) is 19.6 Å². The largest absolute Gasteiger partial charge is 0.352 e. The number of likely N-dealkylation sites (tertiary alicyclic amines) is 1. The lowest BCUT2D eigenvalue weighted by atomic mass is 9.74. The van der Waals surface area contributed by atoms with Gasteiger partial charge in [-0.1, -0.05) is 36.4 Å². The summed E-state index contributed by atoms with van der Waals surface area (Å²) in [5.74, 6) is -0.233. The van der Waals surface area contributed by atoms with E-state index in [-0.39, 0.29) is 11.8 Å². The van der Waals surface area contributed by atoms with Crippen molar-refractivity contribution in [1.82, 2.24) is 20.2 Å². The first-order valence-corrected chi connectivity index (χ1v) is 11.6. The Morgan fingerprint density at radius 2 is 2.06 bits per heavy atom. The highest BCUT2D eigenvalue weighted by molar-refractivity contribution is 7.13. The molecule has 1 aromatic carbocycles. The van der Waals surface area contributed by atoms with E-state index in [0.29, 0.717) is 38.2 Å². The Morgan fingerprint density at radius 3 is 2.75 bits per heavy atom. The van der Waals surface area contributed by atoms with Crippen molar-refractivity contribution in [3.63, 3.8) is 0 Å². The molecule has 1 saturated heterocycles. The van der Waals surface area contributed by atoms with E-state index >= 15 is 0 Å². The predicted octanol–water partition coefficient (Wildman–Crippen LogP) is 3.97. The molecule has 1 aliphatic heterocycles. The SMILES string of the molecule is C=CCNC(=O)[C@@]1(Cc2ccc(-c3cccs3)cc2)CCCN(C(=O)c2cnccn2)C1. The van der Waals surface area contributed by atoms with Gasteiger partial charge in [0, 0.05) is 36.9 Å². The fraction of sp³-hybridized carbons (Fsp3) is 0.280. The molecule has 4 rings (SSSR count). The minimum Gasteiger partial charge on any atom is -0.352 e. The number of aromatic nitrogens is 2. The average molecular weight is 447 g/mol. The lowest BCUT2D eigenvalue weighted by molar-refractivity contribution is -0.133. The maximum atomic E-state index is 13.3. The summed E-state index contributed by atoms with van der Waals surface area (Å²) in [6.07, 6.45) is 8.22. The van der Waals surface area contributed by atoms with Crippen molar-refractivity contribution < 1.29 is 9.59 Å². The van der Waals surface area contributed by atoms with Crippen LogP contribution in [-0.2, 0) is 11.2 Å². The number of benzene rings is 1. The second-order valence-electron chi connectivity index (χ2n) is 8.05. The quantitative estimate of drug-likeness (QED) is 0.557. The normalized spacial score (nSPS) is 18.2. The van der Waals surface area contributed by atoms with Crippen LogP contribution in [0, 0.1) is 5.41 Å². The van der Waals surface area contributed by atoms with Gasteiger partial charge in [-0.25, -0.2) is 4.98 Å². The molecule has 0 radical (unpaired) electrons. The first kappa shape index (κ1) is 21.9. The first-order valence-electron chi connectivity index (χ1n) is 10.7. The lowest BCUT2D eigenvalue weighted by Crippen LogP contribution is -2.54. The van der Waals surface area contributed by atoms with Gasteiger partial charge in [0.1, 0.15) is 5.69 Å². The molecule has 3 aromatic rings. The summed E-state index contributed by atoms with van der Waals surface area (Å²) in [5, 5.41) is 5.04. The predicted molar refractivity (Wildman–Crippen MR) is 126 cm³/mol. The van der Waals surface area contributed by atoms with Crippen molar-refractivity contribution in [2.45, 2.75) is 19.3 Å². The number of piperidine rings is 1. The highest BCUT2D eigenvalue weighted by atomic mass is 32.1. The van der Waals surface area contributed by atoms with Crippen LogP contribution in [-0.4, -0.2) is 46.3 Å². The summed E-state index contributed by atoms with van der Waals surface area (Å²) in [4.78, 5) is 37.5. The van der Waals surface area contributed by atoms with Crippen LogP contribution in [0.1, 0.15) is 28.9 Å². The standard InChI is InChI=1S/C25H26N4O2S/c1-2-11-28-24(31)25(16-19-6-8-20(9-7-19)22-5-3-15-32-22)10-4-14-29(18-25)23(30)21-17-26-12-13-27-21/h2-3,5-9,12-13,15,17H,1,4,10-11,14,16,18H2,(H,28,31)/t25-/m1/s1. The zero-order valence-electron chi connectivity index (χ0n) is 17.9. The van der Waals surface area contributed by atoms with E-state index in [4.69, 9.17) is 0 Å². The third-order valence-corrected chi connectivity index (χ3v) is 6.76. The monoisotopic (exact) mass is 446 g/mol. The zero-order chi connectivity index (χ0) is 22.4. The number of carbonyl (C=O) groups excluding carboxylic acids is 2. The fourth-order valence-electron chi connectivity index (χ4n) is 4.26. The van der Waals surface area contributed by atoms with E-state index in [2.05, 4.69) is 57.6 Å². The van der Waals surface area contributed by atoms with Crippen molar-refractivity contribution in [3.8, 4) is 10.4 Å². The van der Waals surface area contributed by atoms with E-state index in [1.165, 1.54) is 17.3 Å². The van der Waals surface area contributed by atoms with Gasteiger partial charge in [0.15, 0.2) is 0 Å². The molecule has 1 N–H and O–H groups in total. The molecule has 1 aliphatic rings. The molecule has 0 bridgehead atoms. The maximum Gasteiger partial charge on any atom is 0.274 e. The van der Waals surface area contributed by atoms with Gasteiger partial charge in [-0.15, -0.1) is 17.9 Å². The molecule has 1 fully saturated rings. The number of rotatable bonds is 7. The summed E-state index contributed by atoms with van der Waals surface area (Å²) in [6.45, 7) is 5.05. The average Bonchev–Trinajstić information content (AvgIpc) is 3.38. The number of nitrogens with zero attached hydrogens (tertiary/aromatic N) is 3. The highest BCUT2D eigenvalue weighted by Gasteiger charge is 2.43. The summed E-state index contributed by atoms with van der Waals surface area (Å²) in [7, 11) is 0. The molecule has 2 amide bonds. The zero-order valence-corrected chi connectivity index (χ0v) is 18.7. The summed E-state index contributed by atoms with van der Waals surface area (Å²) >= 11 is 1.70. The molecule has 3 heterocycles. The lowest BCUT2D eigenvalue weighted by Gasteiger charge is -2.41. The number of nitrogens with one attached hydrogen (secondary N) is 1. The molecule has 32 heavy (non-hydrogen) atoms. The molecule has 0 unspecified atom stereocenters. The first-order chi connectivity index (χ1) is 15.6. The highest BCUT2D eigenvalue weighted by Crippen LogP contribution is 2.35. The van der Waals surface area contributed by atoms with Gasteiger partial charge in [0.2, 0.25) is 5.91 Å². The van der Waals surface area contributed by atoms with Crippen LogP contribution in [0.2, 0.25) is 0 Å². The van der Waals surface area contributed by atoms with Crippen molar-refractivity contribution in [3.05, 3.63) is 84.3 Å². The second kappa shape index (κ2) is 9.87. The van der Waals surface area contributed by atoms with Crippen molar-refractivity contribution >= 4 is 23.2 Å². The van der Waals surface area contributed by atoms with Crippen LogP contribution in [0.3, 0.4) is 0 Å². The fourth-order valence-corrected chi connectivity index (χ4v) is 4.99. The molecule has 164 valence electrons. The molecule has 2 aromatic heterocycles. The molecular weight excluding hydrogens is 420 g/mol. The smallest absolute Gasteiger partial charge is 0.274 e. The van der Waals surface area contributed by atoms with E-state index in [1.807, 2.05) is 6.07 Å². The van der Waals surface area contributed by atoms with Crippen LogP contribution in [0.4, 0.5) is 0 Å². The van der Waals surface area contributed by atoms with Gasteiger partial charge in [0.25, 0.3) is 5.91 Å². The number of thiophene rings is 1. The van der Waals surface area contributed by atoms with Gasteiger partial charge in [-0.3, -0.25) is 14.6 Å². The maximum absolute atomic E-state index is 13.3. The van der Waals surface area contributed by atoms with Gasteiger partial charge < -0.3 is 10.2 Å². The Balaban J connectivity index is 1.58. The Hall–Kier alpha value is -3.32. The molecule has 6 nitrogen and oxygen atoms in total. The van der Waals surface area contributed by atoms with Crippen LogP contribution in [0.25, 0.3) is 10.4 Å². The Bertz CT molecular complexity index is 1070.